The highest BCUT2D eigenvalue weighted by Gasteiger charge is 2.30. The number of nitrogens with zero attached hydrogens (tertiary/aromatic N) is 4. The second kappa shape index (κ2) is 5.46. The fraction of sp³-hybridized carbons (Fsp3) is 0.438. The van der Waals surface area contributed by atoms with E-state index in [9.17, 15) is 0 Å². The number of benzene rings is 1. The van der Waals surface area contributed by atoms with Crippen molar-refractivity contribution in [1.82, 2.24) is 14.5 Å². The van der Waals surface area contributed by atoms with Gasteiger partial charge in [0.05, 0.1) is 0 Å². The van der Waals surface area contributed by atoms with Crippen LogP contribution in [0.15, 0.2) is 41.4 Å². The van der Waals surface area contributed by atoms with Gasteiger partial charge in [0.1, 0.15) is 10.9 Å². The van der Waals surface area contributed by atoms with E-state index in [0.717, 1.165) is 23.7 Å². The fourth-order valence-corrected chi connectivity index (χ4v) is 3.83. The standard InChI is InChI=1S/C16H19BrN4/c17-16-11-21(12-18-16)14-4-1-3-13(9-14)20-8-7-19-6-2-5-15(19)10-20/h1,3-4,9,11-12,15H,2,5-8,10H2/t15-/m0/s1. The average Bonchev–Trinajstić information content (AvgIpc) is 3.15. The zero-order valence-corrected chi connectivity index (χ0v) is 13.5. The van der Waals surface area contributed by atoms with Crippen LogP contribution in [0.2, 0.25) is 0 Å². The Labute approximate surface area is 133 Å². The van der Waals surface area contributed by atoms with Crippen LogP contribution < -0.4 is 4.90 Å². The Hall–Kier alpha value is -1.33. The minimum atomic E-state index is 0.754. The lowest BCUT2D eigenvalue weighted by Gasteiger charge is -2.39. The molecule has 21 heavy (non-hydrogen) atoms. The quantitative estimate of drug-likeness (QED) is 0.835. The Morgan fingerprint density at radius 3 is 2.90 bits per heavy atom. The molecule has 2 aliphatic heterocycles. The highest BCUT2D eigenvalue weighted by Crippen LogP contribution is 2.26. The van der Waals surface area contributed by atoms with Gasteiger partial charge in [-0.15, -0.1) is 0 Å². The predicted molar refractivity (Wildman–Crippen MR) is 88.1 cm³/mol. The Bertz CT molecular complexity index is 639. The second-order valence-corrected chi connectivity index (χ2v) is 6.71. The van der Waals surface area contributed by atoms with Gasteiger partial charge in [-0.05, 0) is 53.5 Å². The molecule has 4 rings (SSSR count). The number of fused-ring (bicyclic) bond motifs is 1. The SMILES string of the molecule is Brc1cn(-c2cccc(N3CCN4CCC[C@H]4C3)c2)cn1. The van der Waals surface area contributed by atoms with Crippen LogP contribution in [-0.4, -0.2) is 46.7 Å². The molecule has 5 heteroatoms. The first-order chi connectivity index (χ1) is 10.3. The van der Waals surface area contributed by atoms with E-state index in [1.54, 1.807) is 0 Å². The topological polar surface area (TPSA) is 24.3 Å². The molecule has 1 atom stereocenters. The Morgan fingerprint density at radius 1 is 1.14 bits per heavy atom. The smallest absolute Gasteiger partial charge is 0.124 e. The van der Waals surface area contributed by atoms with Crippen molar-refractivity contribution in [2.45, 2.75) is 18.9 Å². The number of hydrogen-bond acceptors (Lipinski definition) is 3. The molecule has 4 nitrogen and oxygen atoms in total. The van der Waals surface area contributed by atoms with Crippen molar-refractivity contribution >= 4 is 21.6 Å². The molecule has 2 fully saturated rings. The van der Waals surface area contributed by atoms with Gasteiger partial charge < -0.3 is 9.47 Å². The number of rotatable bonds is 2. The Morgan fingerprint density at radius 2 is 2.05 bits per heavy atom. The van der Waals surface area contributed by atoms with Gasteiger partial charge >= 0.3 is 0 Å². The minimum absolute atomic E-state index is 0.754. The molecule has 0 aliphatic carbocycles. The van der Waals surface area contributed by atoms with E-state index in [2.05, 4.69) is 59.5 Å². The molecule has 0 unspecified atom stereocenters. The summed E-state index contributed by atoms with van der Waals surface area (Å²) in [5.74, 6) is 0. The molecule has 3 heterocycles. The first-order valence-electron chi connectivity index (χ1n) is 7.58. The minimum Gasteiger partial charge on any atom is -0.369 e. The molecule has 0 radical (unpaired) electrons. The monoisotopic (exact) mass is 346 g/mol. The molecule has 0 spiro atoms. The predicted octanol–water partition coefficient (Wildman–Crippen LogP) is 2.92. The number of piperazine rings is 1. The van der Waals surface area contributed by atoms with Crippen LogP contribution in [0.3, 0.4) is 0 Å². The van der Waals surface area contributed by atoms with Crippen molar-refractivity contribution in [3.63, 3.8) is 0 Å². The summed E-state index contributed by atoms with van der Waals surface area (Å²) in [6, 6.07) is 9.51. The van der Waals surface area contributed by atoms with E-state index < -0.39 is 0 Å². The highest BCUT2D eigenvalue weighted by molar-refractivity contribution is 9.10. The van der Waals surface area contributed by atoms with E-state index in [-0.39, 0.29) is 0 Å². The maximum absolute atomic E-state index is 4.24. The van der Waals surface area contributed by atoms with Crippen LogP contribution in [-0.2, 0) is 0 Å². The number of hydrogen-bond donors (Lipinski definition) is 0. The van der Waals surface area contributed by atoms with Crippen molar-refractivity contribution in [2.24, 2.45) is 0 Å². The van der Waals surface area contributed by atoms with Crippen molar-refractivity contribution in [3.8, 4) is 5.69 Å². The molecule has 110 valence electrons. The van der Waals surface area contributed by atoms with Gasteiger partial charge in [-0.3, -0.25) is 4.90 Å². The van der Waals surface area contributed by atoms with Crippen molar-refractivity contribution in [2.75, 3.05) is 31.1 Å². The lowest BCUT2D eigenvalue weighted by Crippen LogP contribution is -2.50. The van der Waals surface area contributed by atoms with E-state index in [1.165, 1.54) is 37.3 Å². The molecule has 2 aliphatic rings. The largest absolute Gasteiger partial charge is 0.369 e. The van der Waals surface area contributed by atoms with Gasteiger partial charge in [0.2, 0.25) is 0 Å². The van der Waals surface area contributed by atoms with Crippen molar-refractivity contribution in [1.29, 1.82) is 0 Å². The van der Waals surface area contributed by atoms with Crippen LogP contribution in [0.4, 0.5) is 5.69 Å². The van der Waals surface area contributed by atoms with Gasteiger partial charge in [-0.1, -0.05) is 6.07 Å². The molecule has 0 bridgehead atoms. The molecular weight excluding hydrogens is 328 g/mol. The third-order valence-electron chi connectivity index (χ3n) is 4.63. The zero-order chi connectivity index (χ0) is 14.2. The molecule has 1 aromatic heterocycles. The van der Waals surface area contributed by atoms with Gasteiger partial charge in [0.25, 0.3) is 0 Å². The number of anilines is 1. The molecule has 2 aromatic rings. The van der Waals surface area contributed by atoms with E-state index >= 15 is 0 Å². The van der Waals surface area contributed by atoms with Crippen LogP contribution in [0.1, 0.15) is 12.8 Å². The summed E-state index contributed by atoms with van der Waals surface area (Å²) in [6.45, 7) is 4.79. The number of aromatic nitrogens is 2. The molecule has 0 amide bonds. The summed E-state index contributed by atoms with van der Waals surface area (Å²) in [7, 11) is 0. The van der Waals surface area contributed by atoms with Gasteiger partial charge in [-0.25, -0.2) is 4.98 Å². The average molecular weight is 347 g/mol. The summed E-state index contributed by atoms with van der Waals surface area (Å²) in [4.78, 5) is 9.41. The Kier molecular flexibility index (Phi) is 3.47. The lowest BCUT2D eigenvalue weighted by molar-refractivity contribution is 0.231. The number of imidazole rings is 1. The first-order valence-corrected chi connectivity index (χ1v) is 8.38. The molecule has 2 saturated heterocycles. The highest BCUT2D eigenvalue weighted by atomic mass is 79.9. The third-order valence-corrected chi connectivity index (χ3v) is 5.04. The lowest BCUT2D eigenvalue weighted by atomic mass is 10.1. The summed E-state index contributed by atoms with van der Waals surface area (Å²) < 4.78 is 2.92. The molecule has 0 N–H and O–H groups in total. The van der Waals surface area contributed by atoms with Gasteiger partial charge in [0.15, 0.2) is 0 Å². The van der Waals surface area contributed by atoms with Gasteiger partial charge in [-0.2, -0.15) is 0 Å². The molecular formula is C16H19BrN4. The fourth-order valence-electron chi connectivity index (χ4n) is 3.52. The second-order valence-electron chi connectivity index (χ2n) is 5.90. The zero-order valence-electron chi connectivity index (χ0n) is 12.0. The Balaban J connectivity index is 1.58. The van der Waals surface area contributed by atoms with E-state index in [1.807, 2.05) is 12.5 Å². The van der Waals surface area contributed by atoms with Crippen LogP contribution in [0.5, 0.6) is 0 Å². The van der Waals surface area contributed by atoms with Crippen molar-refractivity contribution < 1.29 is 0 Å². The summed E-state index contributed by atoms with van der Waals surface area (Å²) >= 11 is 3.41. The maximum Gasteiger partial charge on any atom is 0.124 e. The number of halogens is 1. The van der Waals surface area contributed by atoms with Crippen molar-refractivity contribution in [3.05, 3.63) is 41.4 Å². The van der Waals surface area contributed by atoms with Gasteiger partial charge in [0, 0.05) is 43.2 Å². The summed E-state index contributed by atoms with van der Waals surface area (Å²) in [5, 5.41) is 0. The van der Waals surface area contributed by atoms with Crippen LogP contribution in [0.25, 0.3) is 5.69 Å². The molecule has 1 aromatic carbocycles. The molecule has 0 saturated carbocycles. The normalized spacial score (nSPS) is 22.5. The van der Waals surface area contributed by atoms with Crippen LogP contribution >= 0.6 is 15.9 Å². The first kappa shape index (κ1) is 13.3. The summed E-state index contributed by atoms with van der Waals surface area (Å²) in [6.07, 6.45) is 6.55. The maximum atomic E-state index is 4.24. The van der Waals surface area contributed by atoms with E-state index in [4.69, 9.17) is 0 Å². The van der Waals surface area contributed by atoms with Crippen LogP contribution in [0, 0.1) is 0 Å². The third kappa shape index (κ3) is 2.60. The summed E-state index contributed by atoms with van der Waals surface area (Å²) in [5.41, 5.74) is 2.49. The van der Waals surface area contributed by atoms with E-state index in [0.29, 0.717) is 0 Å².